The topological polar surface area (TPSA) is 88.0 Å². The first kappa shape index (κ1) is 21.8. The molecule has 1 aromatic carbocycles. The molecule has 2 rings (SSSR count). The SMILES string of the molecule is CCCC[C@H](CC)CNC(=S)NNC(=O)c1nn(CC)c(=O)c2ccccc12. The van der Waals surface area contributed by atoms with Crippen molar-refractivity contribution in [3.8, 4) is 0 Å². The van der Waals surface area contributed by atoms with Gasteiger partial charge in [-0.05, 0) is 37.5 Å². The van der Waals surface area contributed by atoms with Gasteiger partial charge in [0.05, 0.1) is 5.39 Å². The van der Waals surface area contributed by atoms with Crippen molar-refractivity contribution < 1.29 is 4.79 Å². The van der Waals surface area contributed by atoms with E-state index in [0.717, 1.165) is 19.4 Å². The Bertz CT molecular complexity index is 881. The summed E-state index contributed by atoms with van der Waals surface area (Å²) >= 11 is 5.25. The van der Waals surface area contributed by atoms with Crippen molar-refractivity contribution in [2.45, 2.75) is 53.0 Å². The third-order valence-corrected chi connectivity index (χ3v) is 5.01. The van der Waals surface area contributed by atoms with Crippen LogP contribution < -0.4 is 21.7 Å². The first-order valence-electron chi connectivity index (χ1n) is 9.85. The van der Waals surface area contributed by atoms with Gasteiger partial charge in [0.2, 0.25) is 0 Å². The molecular formula is C20H29N5O2S. The number of thiocarbonyl (C=S) groups is 1. The summed E-state index contributed by atoms with van der Waals surface area (Å²) in [6, 6.07) is 6.96. The molecule has 0 radical (unpaired) electrons. The minimum Gasteiger partial charge on any atom is -0.361 e. The minimum atomic E-state index is -0.444. The molecule has 28 heavy (non-hydrogen) atoms. The van der Waals surface area contributed by atoms with Gasteiger partial charge in [0.1, 0.15) is 0 Å². The fraction of sp³-hybridized carbons (Fsp3) is 0.500. The zero-order valence-electron chi connectivity index (χ0n) is 16.7. The molecule has 1 atom stereocenters. The Balaban J connectivity index is 2.02. The summed E-state index contributed by atoms with van der Waals surface area (Å²) in [5.41, 5.74) is 5.27. The van der Waals surface area contributed by atoms with E-state index in [1.807, 2.05) is 6.92 Å². The minimum absolute atomic E-state index is 0.182. The van der Waals surface area contributed by atoms with Crippen LogP contribution in [0.25, 0.3) is 10.8 Å². The zero-order chi connectivity index (χ0) is 20.5. The van der Waals surface area contributed by atoms with Crippen LogP contribution in [0.2, 0.25) is 0 Å². The smallest absolute Gasteiger partial charge is 0.290 e. The third-order valence-electron chi connectivity index (χ3n) is 4.77. The van der Waals surface area contributed by atoms with Crippen LogP contribution in [0.3, 0.4) is 0 Å². The normalized spacial score (nSPS) is 11.8. The maximum atomic E-state index is 12.6. The molecule has 0 fully saturated rings. The van der Waals surface area contributed by atoms with Crippen LogP contribution in [0, 0.1) is 5.92 Å². The van der Waals surface area contributed by atoms with Crippen LogP contribution in [-0.2, 0) is 6.54 Å². The van der Waals surface area contributed by atoms with E-state index in [2.05, 4.69) is 35.1 Å². The summed E-state index contributed by atoms with van der Waals surface area (Å²) in [5.74, 6) is 0.106. The van der Waals surface area contributed by atoms with Crippen molar-refractivity contribution in [2.24, 2.45) is 5.92 Å². The number of carbonyl (C=O) groups excluding carboxylic acids is 1. The second-order valence-electron chi connectivity index (χ2n) is 6.72. The maximum Gasteiger partial charge on any atom is 0.290 e. The van der Waals surface area contributed by atoms with E-state index in [-0.39, 0.29) is 11.3 Å². The molecule has 0 saturated heterocycles. The Labute approximate surface area is 170 Å². The Morgan fingerprint density at radius 3 is 2.54 bits per heavy atom. The number of hydrogen-bond acceptors (Lipinski definition) is 4. The Morgan fingerprint density at radius 1 is 1.18 bits per heavy atom. The molecule has 152 valence electrons. The number of hydrogen-bond donors (Lipinski definition) is 3. The molecule has 1 aromatic heterocycles. The molecule has 0 aliphatic heterocycles. The van der Waals surface area contributed by atoms with Crippen molar-refractivity contribution in [3.05, 3.63) is 40.3 Å². The van der Waals surface area contributed by atoms with Crippen LogP contribution in [0.5, 0.6) is 0 Å². The van der Waals surface area contributed by atoms with Gasteiger partial charge in [-0.3, -0.25) is 20.4 Å². The molecule has 0 bridgehead atoms. The number of unbranched alkanes of at least 4 members (excludes halogenated alkanes) is 1. The predicted octanol–water partition coefficient (Wildman–Crippen LogP) is 2.74. The summed E-state index contributed by atoms with van der Waals surface area (Å²) < 4.78 is 1.29. The largest absolute Gasteiger partial charge is 0.361 e. The van der Waals surface area contributed by atoms with Gasteiger partial charge < -0.3 is 5.32 Å². The number of hydrazine groups is 1. The average molecular weight is 404 g/mol. The lowest BCUT2D eigenvalue weighted by atomic mass is 9.99. The van der Waals surface area contributed by atoms with Gasteiger partial charge in [-0.1, -0.05) is 51.3 Å². The van der Waals surface area contributed by atoms with Crippen molar-refractivity contribution in [1.82, 2.24) is 25.9 Å². The number of fused-ring (bicyclic) bond motifs is 1. The highest BCUT2D eigenvalue weighted by Crippen LogP contribution is 2.13. The number of aryl methyl sites for hydroxylation is 1. The number of benzene rings is 1. The molecule has 0 spiro atoms. The lowest BCUT2D eigenvalue weighted by Gasteiger charge is -2.17. The van der Waals surface area contributed by atoms with E-state index < -0.39 is 5.91 Å². The van der Waals surface area contributed by atoms with Crippen molar-refractivity contribution in [1.29, 1.82) is 0 Å². The van der Waals surface area contributed by atoms with Gasteiger partial charge in [0.25, 0.3) is 11.5 Å². The summed E-state index contributed by atoms with van der Waals surface area (Å²) in [5, 5.41) is 8.69. The predicted molar refractivity (Wildman–Crippen MR) is 116 cm³/mol. The van der Waals surface area contributed by atoms with Crippen molar-refractivity contribution >= 4 is 34.0 Å². The van der Waals surface area contributed by atoms with E-state index >= 15 is 0 Å². The Kier molecular flexibility index (Phi) is 8.38. The molecule has 0 aliphatic carbocycles. The van der Waals surface area contributed by atoms with Gasteiger partial charge >= 0.3 is 0 Å². The molecule has 0 unspecified atom stereocenters. The molecule has 2 aromatic rings. The average Bonchev–Trinajstić information content (AvgIpc) is 2.72. The van der Waals surface area contributed by atoms with Crippen LogP contribution in [0.4, 0.5) is 0 Å². The summed E-state index contributed by atoms with van der Waals surface area (Å²) in [6.07, 6.45) is 4.61. The van der Waals surface area contributed by atoms with Crippen molar-refractivity contribution in [2.75, 3.05) is 6.54 Å². The molecular weight excluding hydrogens is 374 g/mol. The lowest BCUT2D eigenvalue weighted by molar-refractivity contribution is 0.0938. The zero-order valence-corrected chi connectivity index (χ0v) is 17.6. The summed E-state index contributed by atoms with van der Waals surface area (Å²) in [7, 11) is 0. The van der Waals surface area contributed by atoms with Crippen molar-refractivity contribution in [3.63, 3.8) is 0 Å². The summed E-state index contributed by atoms with van der Waals surface area (Å²) in [6.45, 7) is 7.30. The highest BCUT2D eigenvalue weighted by molar-refractivity contribution is 7.80. The number of amides is 1. The second-order valence-corrected chi connectivity index (χ2v) is 7.13. The Morgan fingerprint density at radius 2 is 1.89 bits per heavy atom. The highest BCUT2D eigenvalue weighted by Gasteiger charge is 2.16. The van der Waals surface area contributed by atoms with Crippen LogP contribution in [0.15, 0.2) is 29.1 Å². The lowest BCUT2D eigenvalue weighted by Crippen LogP contribution is -2.48. The fourth-order valence-corrected chi connectivity index (χ4v) is 3.15. The van der Waals surface area contributed by atoms with Gasteiger partial charge in [-0.15, -0.1) is 0 Å². The number of carbonyl (C=O) groups is 1. The monoisotopic (exact) mass is 403 g/mol. The van der Waals surface area contributed by atoms with Gasteiger partial charge in [0.15, 0.2) is 10.8 Å². The second kappa shape index (κ2) is 10.8. The van der Waals surface area contributed by atoms with Gasteiger partial charge in [-0.25, -0.2) is 4.68 Å². The maximum absolute atomic E-state index is 12.6. The van der Waals surface area contributed by atoms with E-state index in [9.17, 15) is 9.59 Å². The van der Waals surface area contributed by atoms with E-state index in [1.54, 1.807) is 24.3 Å². The summed E-state index contributed by atoms with van der Waals surface area (Å²) in [4.78, 5) is 25.0. The quantitative estimate of drug-likeness (QED) is 0.464. The van der Waals surface area contributed by atoms with Crippen LogP contribution >= 0.6 is 12.2 Å². The van der Waals surface area contributed by atoms with E-state index in [4.69, 9.17) is 12.2 Å². The molecule has 0 saturated carbocycles. The standard InChI is InChI=1S/C20H29N5O2S/c1-4-7-10-14(5-2)13-21-20(28)23-22-18(26)17-15-11-8-9-12-16(15)19(27)25(6-3)24-17/h8-9,11-12,14H,4-7,10,13H2,1-3H3,(H,22,26)(H2,21,23,28)/t14-/m0/s1. The Hall–Kier alpha value is -2.48. The number of aromatic nitrogens is 2. The molecule has 1 amide bonds. The molecule has 0 aliphatic rings. The first-order valence-corrected chi connectivity index (χ1v) is 10.3. The molecule has 7 nitrogen and oxygen atoms in total. The molecule has 8 heteroatoms. The van der Waals surface area contributed by atoms with Gasteiger partial charge in [-0.2, -0.15) is 5.10 Å². The van der Waals surface area contributed by atoms with Crippen LogP contribution in [0.1, 0.15) is 56.9 Å². The molecule has 1 heterocycles. The first-order chi connectivity index (χ1) is 13.5. The number of nitrogens with zero attached hydrogens (tertiary/aromatic N) is 2. The fourth-order valence-electron chi connectivity index (χ4n) is 3.01. The third kappa shape index (κ3) is 5.51. The van der Waals surface area contributed by atoms with E-state index in [1.165, 1.54) is 17.5 Å². The molecule has 3 N–H and O–H groups in total. The number of nitrogens with one attached hydrogen (secondary N) is 3. The number of rotatable bonds is 8. The van der Waals surface area contributed by atoms with Gasteiger partial charge in [0, 0.05) is 18.5 Å². The highest BCUT2D eigenvalue weighted by atomic mass is 32.1. The van der Waals surface area contributed by atoms with E-state index in [0.29, 0.717) is 28.3 Å². The van der Waals surface area contributed by atoms with Crippen LogP contribution in [-0.4, -0.2) is 27.3 Å².